The summed E-state index contributed by atoms with van der Waals surface area (Å²) in [5.74, 6) is -0.649. The molecule has 0 aliphatic rings. The summed E-state index contributed by atoms with van der Waals surface area (Å²) in [4.78, 5) is 11.6. The Morgan fingerprint density at radius 3 is 1.70 bits per heavy atom. The Kier molecular flexibility index (Phi) is 9.41. The third-order valence-electron chi connectivity index (χ3n) is 2.92. The fourth-order valence-corrected chi connectivity index (χ4v) is 17.0. The quantitative estimate of drug-likeness (QED) is 0.244. The van der Waals surface area contributed by atoms with Crippen LogP contribution in [0.2, 0.25) is 58.4 Å². The first-order valence-corrected chi connectivity index (χ1v) is 20.6. The van der Waals surface area contributed by atoms with Crippen molar-refractivity contribution in [2.45, 2.75) is 71.0 Å². The van der Waals surface area contributed by atoms with E-state index in [-0.39, 0.29) is 12.3 Å². The van der Waals surface area contributed by atoms with Gasteiger partial charge in [0.15, 0.2) is 31.2 Å². The highest BCUT2D eigenvalue weighted by Gasteiger charge is 2.52. The summed E-state index contributed by atoms with van der Waals surface area (Å²) >= 11 is 0. The summed E-state index contributed by atoms with van der Waals surface area (Å²) in [5.41, 5.74) is 0. The summed E-state index contributed by atoms with van der Waals surface area (Å²) in [6.07, 6.45) is -4.39. The molecular formula is C15H33F3O5Si4. The van der Waals surface area contributed by atoms with Crippen LogP contribution in [0.3, 0.4) is 0 Å². The van der Waals surface area contributed by atoms with Crippen molar-refractivity contribution in [1.82, 2.24) is 0 Å². The topological polar surface area (TPSA) is 54.0 Å². The zero-order chi connectivity index (χ0) is 21.7. The maximum atomic E-state index is 12.7. The lowest BCUT2D eigenvalue weighted by Gasteiger charge is -2.43. The van der Waals surface area contributed by atoms with E-state index in [0.29, 0.717) is 0 Å². The van der Waals surface area contributed by atoms with E-state index in [1.165, 1.54) is 0 Å². The Bertz CT molecular complexity index is 497. The molecule has 0 aliphatic heterocycles. The van der Waals surface area contributed by atoms with Crippen LogP contribution in [0.1, 0.15) is 6.42 Å². The van der Waals surface area contributed by atoms with Crippen molar-refractivity contribution in [2.75, 3.05) is 6.23 Å². The molecule has 0 saturated carbocycles. The summed E-state index contributed by atoms with van der Waals surface area (Å²) < 4.78 is 62.2. The van der Waals surface area contributed by atoms with Crippen LogP contribution >= 0.6 is 0 Å². The lowest BCUT2D eigenvalue weighted by molar-refractivity contribution is -0.137. The predicted molar refractivity (Wildman–Crippen MR) is 110 cm³/mol. The smallest absolute Gasteiger partial charge is 0.458 e. The van der Waals surface area contributed by atoms with Gasteiger partial charge in [0.1, 0.15) is 0 Å². The van der Waals surface area contributed by atoms with Gasteiger partial charge in [-0.1, -0.05) is 6.58 Å². The summed E-state index contributed by atoms with van der Waals surface area (Å²) in [6.45, 7) is 18.4. The number of alkyl halides is 3. The van der Waals surface area contributed by atoms with E-state index in [4.69, 9.17) is 17.1 Å². The molecule has 0 aromatic carbocycles. The molecule has 0 bridgehead atoms. The number of carbonyl (C=O) groups excluding carboxylic acids is 1. The molecule has 5 nitrogen and oxygen atoms in total. The highest BCUT2D eigenvalue weighted by Crippen LogP contribution is 2.31. The van der Waals surface area contributed by atoms with Crippen LogP contribution in [0.5, 0.6) is 0 Å². The minimum Gasteiger partial charge on any atom is -0.458 e. The van der Waals surface area contributed by atoms with Crippen molar-refractivity contribution < 1.29 is 35.0 Å². The Hall–Kier alpha value is -0.252. The number of hydrogen-bond donors (Lipinski definition) is 0. The van der Waals surface area contributed by atoms with Gasteiger partial charge in [0.05, 0.1) is 0 Å². The van der Waals surface area contributed by atoms with E-state index >= 15 is 0 Å². The van der Waals surface area contributed by atoms with Gasteiger partial charge in [0.25, 0.3) is 0 Å². The monoisotopic (exact) mass is 462 g/mol. The van der Waals surface area contributed by atoms with Gasteiger partial charge in [-0.25, -0.2) is 4.79 Å². The number of halogens is 3. The highest BCUT2D eigenvalue weighted by atomic mass is 28.5. The number of esters is 1. The number of carbonyl (C=O) groups is 1. The molecular weight excluding hydrogens is 429 g/mol. The van der Waals surface area contributed by atoms with Crippen LogP contribution in [0, 0.1) is 0 Å². The van der Waals surface area contributed by atoms with Crippen molar-refractivity contribution in [2.24, 2.45) is 0 Å². The minimum absolute atomic E-state index is 0.120. The molecule has 0 rings (SSSR count). The van der Waals surface area contributed by atoms with Gasteiger partial charge in [0, 0.05) is 12.5 Å². The SMILES string of the molecule is C=CC(=O)OC[Si](O[Si](C)(C)C)(O[Si](C)(C)C)O[Si](C)(C)CCC(F)(F)F. The second-order valence-electron chi connectivity index (χ2n) is 8.90. The van der Waals surface area contributed by atoms with E-state index < -0.39 is 52.3 Å². The third kappa shape index (κ3) is 13.5. The average Bonchev–Trinajstić information content (AvgIpc) is 2.37. The van der Waals surface area contributed by atoms with Gasteiger partial charge in [-0.15, -0.1) is 0 Å². The largest absolute Gasteiger partial charge is 0.509 e. The van der Waals surface area contributed by atoms with Crippen molar-refractivity contribution in [3.05, 3.63) is 12.7 Å². The second kappa shape index (κ2) is 9.50. The molecule has 0 atom stereocenters. The van der Waals surface area contributed by atoms with Gasteiger partial charge >= 0.3 is 21.0 Å². The van der Waals surface area contributed by atoms with E-state index in [1.807, 2.05) is 39.3 Å². The van der Waals surface area contributed by atoms with Gasteiger partial charge < -0.3 is 17.1 Å². The molecule has 0 N–H and O–H groups in total. The molecule has 0 aliphatic carbocycles. The fraction of sp³-hybridized carbons (Fsp3) is 0.800. The van der Waals surface area contributed by atoms with Crippen LogP contribution in [0.4, 0.5) is 13.2 Å². The molecule has 0 aromatic heterocycles. The molecule has 0 radical (unpaired) electrons. The summed E-state index contributed by atoms with van der Waals surface area (Å²) in [6, 6.07) is -0.120. The highest BCUT2D eigenvalue weighted by molar-refractivity contribution is 6.90. The van der Waals surface area contributed by atoms with Crippen LogP contribution in [-0.4, -0.2) is 52.1 Å². The molecule has 12 heteroatoms. The molecule has 0 heterocycles. The van der Waals surface area contributed by atoms with Crippen molar-refractivity contribution in [3.8, 4) is 0 Å². The van der Waals surface area contributed by atoms with Crippen molar-refractivity contribution in [1.29, 1.82) is 0 Å². The Morgan fingerprint density at radius 2 is 1.37 bits per heavy atom. The first-order valence-electron chi connectivity index (χ1n) is 8.75. The Labute approximate surface area is 165 Å². The number of ether oxygens (including phenoxy) is 1. The van der Waals surface area contributed by atoms with Gasteiger partial charge in [-0.05, 0) is 58.4 Å². The van der Waals surface area contributed by atoms with Gasteiger partial charge in [-0.3, -0.25) is 0 Å². The molecule has 27 heavy (non-hydrogen) atoms. The van der Waals surface area contributed by atoms with Gasteiger partial charge in [-0.2, -0.15) is 13.2 Å². The number of hydrogen-bond acceptors (Lipinski definition) is 5. The fourth-order valence-electron chi connectivity index (χ4n) is 2.22. The maximum absolute atomic E-state index is 12.7. The van der Waals surface area contributed by atoms with E-state index in [2.05, 4.69) is 6.58 Å². The first kappa shape index (κ1) is 26.7. The molecule has 0 saturated heterocycles. The summed E-state index contributed by atoms with van der Waals surface area (Å²) in [7, 11) is -10.8. The van der Waals surface area contributed by atoms with Crippen LogP contribution in [0.15, 0.2) is 12.7 Å². The zero-order valence-corrected chi connectivity index (χ0v) is 21.6. The van der Waals surface area contributed by atoms with E-state index in [9.17, 15) is 18.0 Å². The second-order valence-corrected chi connectivity index (χ2v) is 25.5. The molecule has 0 amide bonds. The molecule has 0 spiro atoms. The molecule has 0 aromatic rings. The lowest BCUT2D eigenvalue weighted by Crippen LogP contribution is -2.64. The first-order chi connectivity index (χ1) is 11.8. The third-order valence-corrected chi connectivity index (χ3v) is 15.7. The zero-order valence-electron chi connectivity index (χ0n) is 17.6. The molecule has 0 unspecified atom stereocenters. The number of rotatable bonds is 11. The van der Waals surface area contributed by atoms with Crippen molar-refractivity contribution >= 4 is 39.7 Å². The Balaban J connectivity index is 5.78. The molecule has 160 valence electrons. The van der Waals surface area contributed by atoms with Gasteiger partial charge in [0.2, 0.25) is 0 Å². The average molecular weight is 463 g/mol. The molecule has 0 fully saturated rings. The standard InChI is InChI=1S/C15H33F3O5Si4/c1-10-14(19)20-13-27(21-24(2,3)4,22-25(5,6)7)23-26(8,9)12-11-15(16,17)18/h10H,1,11-13H2,2-9H3. The lowest BCUT2D eigenvalue weighted by atomic mass is 10.5. The van der Waals surface area contributed by atoms with Crippen molar-refractivity contribution in [3.63, 3.8) is 0 Å². The van der Waals surface area contributed by atoms with Crippen LogP contribution in [-0.2, 0) is 21.9 Å². The van der Waals surface area contributed by atoms with Crippen LogP contribution in [0.25, 0.3) is 0 Å². The minimum atomic E-state index is -4.26. The Morgan fingerprint density at radius 1 is 0.926 bits per heavy atom. The maximum Gasteiger partial charge on any atom is 0.509 e. The van der Waals surface area contributed by atoms with E-state index in [1.54, 1.807) is 13.1 Å². The predicted octanol–water partition coefficient (Wildman–Crippen LogP) is 5.07. The summed E-state index contributed by atoms with van der Waals surface area (Å²) in [5, 5.41) is 0. The normalized spacial score (nSPS) is 14.2. The van der Waals surface area contributed by atoms with E-state index in [0.717, 1.165) is 6.08 Å². The van der Waals surface area contributed by atoms with Crippen LogP contribution < -0.4 is 0 Å².